The molecule has 20 heavy (non-hydrogen) atoms. The maximum absolute atomic E-state index is 3.76. The smallest absolute Gasteiger partial charge is 0.0800 e. The molecule has 0 fully saturated rings. The van der Waals surface area contributed by atoms with E-state index in [9.17, 15) is 0 Å². The first-order chi connectivity index (χ1) is 9.55. The molecule has 0 saturated carbocycles. The molecule has 2 rings (SSSR count). The van der Waals surface area contributed by atoms with Crippen LogP contribution >= 0.6 is 96.4 Å². The fourth-order valence-electron chi connectivity index (χ4n) is 1.39. The number of thioether (sulfide) groups is 1. The van der Waals surface area contributed by atoms with Crippen LogP contribution in [0.1, 0.15) is 4.88 Å². The monoisotopic (exact) mass is 578 g/mol. The van der Waals surface area contributed by atoms with E-state index in [-0.39, 0.29) is 0 Å². The quantitative estimate of drug-likeness (QED) is 0.198. The fourth-order valence-corrected chi connectivity index (χ4v) is 7.78. The van der Waals surface area contributed by atoms with E-state index in [4.69, 9.17) is 0 Å². The Morgan fingerprint density at radius 3 is 2.45 bits per heavy atom. The second-order valence-corrected chi connectivity index (χ2v) is 11.2. The summed E-state index contributed by atoms with van der Waals surface area (Å²) in [6.45, 7) is 5.89. The van der Waals surface area contributed by atoms with Crippen LogP contribution in [0.3, 0.4) is 0 Å². The molecule has 0 aromatic carbocycles. The highest BCUT2D eigenvalue weighted by molar-refractivity contribution is 14.2. The van der Waals surface area contributed by atoms with Gasteiger partial charge in [-0.3, -0.25) is 0 Å². The molecule has 0 bridgehead atoms. The van der Waals surface area contributed by atoms with Gasteiger partial charge in [-0.1, -0.05) is 24.4 Å². The summed E-state index contributed by atoms with van der Waals surface area (Å²) in [5, 5.41) is 0. The van der Waals surface area contributed by atoms with E-state index in [0.29, 0.717) is 0 Å². The lowest BCUT2D eigenvalue weighted by Gasteiger charge is -1.99. The van der Waals surface area contributed by atoms with Crippen LogP contribution in [-0.2, 0) is 0 Å². The Hall–Kier alpha value is 1.27. The lowest BCUT2D eigenvalue weighted by molar-refractivity contribution is 1.59. The van der Waals surface area contributed by atoms with E-state index < -0.39 is 0 Å². The number of hydrogen-bond acceptors (Lipinski definition) is 4. The topological polar surface area (TPSA) is 0 Å². The van der Waals surface area contributed by atoms with Crippen molar-refractivity contribution in [1.82, 2.24) is 0 Å². The van der Waals surface area contributed by atoms with E-state index in [0.717, 1.165) is 4.47 Å². The number of aryl methyl sites for hydroxylation is 1. The summed E-state index contributed by atoms with van der Waals surface area (Å²) < 4.78 is 4.86. The average Bonchev–Trinajstić information content (AvgIpc) is 2.93. The third-order valence-electron chi connectivity index (χ3n) is 2.28. The first-order valence-corrected chi connectivity index (χ1v) is 12.8. The Morgan fingerprint density at radius 1 is 1.25 bits per heavy atom. The SMILES string of the molecule is C=C/C=C(/SI)Sc1sc(-c2cc(Br)c(C)s2)cc1Br. The van der Waals surface area contributed by atoms with Crippen LogP contribution < -0.4 is 0 Å². The van der Waals surface area contributed by atoms with Gasteiger partial charge in [-0.15, -0.1) is 22.7 Å². The van der Waals surface area contributed by atoms with Crippen LogP contribution in [0.2, 0.25) is 0 Å². The molecule has 2 aromatic heterocycles. The van der Waals surface area contributed by atoms with Gasteiger partial charge in [-0.25, -0.2) is 0 Å². The van der Waals surface area contributed by atoms with Gasteiger partial charge in [-0.2, -0.15) is 0 Å². The van der Waals surface area contributed by atoms with Crippen molar-refractivity contribution in [3.8, 4) is 9.75 Å². The van der Waals surface area contributed by atoms with Crippen LogP contribution in [0, 0.1) is 6.92 Å². The molecule has 0 atom stereocenters. The van der Waals surface area contributed by atoms with Crippen LogP contribution in [-0.4, -0.2) is 0 Å². The van der Waals surface area contributed by atoms with E-state index >= 15 is 0 Å². The van der Waals surface area contributed by atoms with Gasteiger partial charge in [0.15, 0.2) is 0 Å². The molecular weight excluding hydrogens is 571 g/mol. The predicted octanol–water partition coefficient (Wildman–Crippen LogP) is 8.51. The van der Waals surface area contributed by atoms with E-state index in [2.05, 4.69) is 78.7 Å². The summed E-state index contributed by atoms with van der Waals surface area (Å²) in [5.74, 6) is 0. The summed E-state index contributed by atoms with van der Waals surface area (Å²) in [6.07, 6.45) is 3.87. The second kappa shape index (κ2) is 8.21. The third kappa shape index (κ3) is 4.39. The molecule has 7 heteroatoms. The Kier molecular flexibility index (Phi) is 7.24. The molecule has 0 N–H and O–H groups in total. The summed E-state index contributed by atoms with van der Waals surface area (Å²) in [7, 11) is 1.71. The minimum Gasteiger partial charge on any atom is -0.139 e. The minimum absolute atomic E-state index is 1.16. The number of rotatable bonds is 5. The van der Waals surface area contributed by atoms with E-state index in [1.54, 1.807) is 20.7 Å². The lowest BCUT2D eigenvalue weighted by Crippen LogP contribution is -1.64. The Bertz CT molecular complexity index is 638. The molecule has 0 aliphatic heterocycles. The zero-order valence-electron chi connectivity index (χ0n) is 10.3. The van der Waals surface area contributed by atoms with Crippen molar-refractivity contribution in [2.24, 2.45) is 0 Å². The van der Waals surface area contributed by atoms with Crippen LogP contribution in [0.25, 0.3) is 9.75 Å². The van der Waals surface area contributed by atoms with Crippen molar-refractivity contribution in [2.45, 2.75) is 11.1 Å². The normalized spacial score (nSPS) is 11.9. The number of hydrogen-bond donors (Lipinski definition) is 0. The van der Waals surface area contributed by atoms with Crippen LogP contribution in [0.15, 0.2) is 48.3 Å². The van der Waals surface area contributed by atoms with Crippen molar-refractivity contribution in [1.29, 1.82) is 0 Å². The summed E-state index contributed by atoms with van der Waals surface area (Å²) in [4.78, 5) is 3.92. The lowest BCUT2D eigenvalue weighted by atomic mass is 10.4. The van der Waals surface area contributed by atoms with Gasteiger partial charge in [0.1, 0.15) is 0 Å². The number of allylic oxidation sites excluding steroid dienone is 2. The van der Waals surface area contributed by atoms with Gasteiger partial charge in [0.25, 0.3) is 0 Å². The fraction of sp³-hybridized carbons (Fsp3) is 0.0769. The molecule has 0 unspecified atom stereocenters. The summed E-state index contributed by atoms with van der Waals surface area (Å²) >= 11 is 15.0. The summed E-state index contributed by atoms with van der Waals surface area (Å²) in [5.41, 5.74) is 0. The zero-order chi connectivity index (χ0) is 14.7. The van der Waals surface area contributed by atoms with Gasteiger partial charge in [0, 0.05) is 44.8 Å². The molecule has 0 saturated heterocycles. The molecule has 2 aromatic rings. The molecule has 106 valence electrons. The van der Waals surface area contributed by atoms with Crippen LogP contribution in [0.5, 0.6) is 0 Å². The van der Waals surface area contributed by atoms with Crippen molar-refractivity contribution in [3.63, 3.8) is 0 Å². The molecular formula is C13H9Br2IS4. The Balaban J connectivity index is 2.29. The molecule has 0 nitrogen and oxygen atoms in total. The van der Waals surface area contributed by atoms with E-state index in [1.807, 2.05) is 34.8 Å². The molecule has 0 amide bonds. The van der Waals surface area contributed by atoms with Crippen LogP contribution in [0.4, 0.5) is 0 Å². The average molecular weight is 580 g/mol. The van der Waals surface area contributed by atoms with Gasteiger partial charge < -0.3 is 0 Å². The highest BCUT2D eigenvalue weighted by Crippen LogP contribution is 2.48. The molecule has 0 radical (unpaired) electrons. The van der Waals surface area contributed by atoms with Crippen molar-refractivity contribution >= 4 is 96.4 Å². The molecule has 0 aliphatic carbocycles. The second-order valence-electron chi connectivity index (χ2n) is 3.66. The number of halogens is 3. The maximum atomic E-state index is 3.76. The molecule has 0 spiro atoms. The highest BCUT2D eigenvalue weighted by Gasteiger charge is 2.13. The summed E-state index contributed by atoms with van der Waals surface area (Å²) in [6, 6.07) is 4.40. The minimum atomic E-state index is 1.16. The standard InChI is InChI=1S/C13H9Br2IS4/c1-3-4-12(20-16)19-13-9(15)6-11(18-13)10-5-8(14)7(2)17-10/h3-6H,1H2,2H3/b12-4+. The van der Waals surface area contributed by atoms with Gasteiger partial charge in [-0.05, 0) is 65.9 Å². The van der Waals surface area contributed by atoms with Crippen molar-refractivity contribution < 1.29 is 0 Å². The largest absolute Gasteiger partial charge is 0.139 e. The van der Waals surface area contributed by atoms with E-state index in [1.165, 1.54) is 27.6 Å². The van der Waals surface area contributed by atoms with Gasteiger partial charge in [0.05, 0.1) is 8.45 Å². The van der Waals surface area contributed by atoms with Gasteiger partial charge >= 0.3 is 0 Å². The first kappa shape index (κ1) is 17.6. The van der Waals surface area contributed by atoms with Crippen molar-refractivity contribution in [2.75, 3.05) is 0 Å². The Morgan fingerprint density at radius 2 is 1.90 bits per heavy atom. The highest BCUT2D eigenvalue weighted by atomic mass is 127. The first-order valence-electron chi connectivity index (χ1n) is 5.40. The van der Waals surface area contributed by atoms with Crippen molar-refractivity contribution in [3.05, 3.63) is 48.9 Å². The molecule has 0 aliphatic rings. The maximum Gasteiger partial charge on any atom is 0.0800 e. The predicted molar refractivity (Wildman–Crippen MR) is 114 cm³/mol. The molecule has 2 heterocycles. The number of thiophene rings is 2. The third-order valence-corrected chi connectivity index (χ3v) is 11.0. The van der Waals surface area contributed by atoms with Gasteiger partial charge in [0.2, 0.25) is 0 Å². The zero-order valence-corrected chi connectivity index (χ0v) is 18.9. The Labute approximate surface area is 164 Å².